The Balaban J connectivity index is 0.000000734. The van der Waals surface area contributed by atoms with E-state index in [9.17, 15) is 0 Å². The van der Waals surface area contributed by atoms with Gasteiger partial charge in [0.15, 0.2) is 6.34 Å². The lowest BCUT2D eigenvalue weighted by Crippen LogP contribution is -2.74. The molecule has 2 nitrogen and oxygen atoms in total. The minimum Gasteiger partial charge on any atom is -0.276 e. The van der Waals surface area contributed by atoms with E-state index in [0.29, 0.717) is 0 Å². The van der Waals surface area contributed by atoms with Crippen LogP contribution in [0.2, 0.25) is 25.3 Å². The Kier molecular flexibility index (Phi) is 14.9. The van der Waals surface area contributed by atoms with Crippen LogP contribution in [0.5, 0.6) is 0 Å². The van der Waals surface area contributed by atoms with Gasteiger partial charge in [-0.1, -0.05) is 79.1 Å². The summed E-state index contributed by atoms with van der Waals surface area (Å²) < 4.78 is 0. The van der Waals surface area contributed by atoms with E-state index in [4.69, 9.17) is 0 Å². The summed E-state index contributed by atoms with van der Waals surface area (Å²) in [7, 11) is 0. The second kappa shape index (κ2) is 15.3. The number of quaternary nitrogens is 1. The smallest absolute Gasteiger partial charge is 0.191 e. The monoisotopic (exact) mass is 308 g/mol. The number of nitrogens with zero attached hydrogens (tertiary/aromatic N) is 1. The predicted molar refractivity (Wildman–Crippen MR) is 104 cm³/mol. The molecular weight excluding hydrogens is 267 g/mol. The first-order chi connectivity index (χ1) is 10.7. The van der Waals surface area contributed by atoms with Crippen LogP contribution in [0.25, 0.3) is 0 Å². The van der Waals surface area contributed by atoms with E-state index in [2.05, 4.69) is 32.7 Å². The van der Waals surface area contributed by atoms with E-state index in [1.807, 2.05) is 11.5 Å². The maximum absolute atomic E-state index is 3.72. The number of hydrogen-bond acceptors (Lipinski definition) is 1. The predicted octanol–water partition coefficient (Wildman–Crippen LogP) is 5.70. The van der Waals surface area contributed by atoms with Crippen LogP contribution in [-0.4, -0.2) is 12.5 Å². The van der Waals surface area contributed by atoms with Crippen LogP contribution in [0.3, 0.4) is 0 Å². The lowest BCUT2D eigenvalue weighted by atomic mass is 9.17. The molecule has 0 saturated heterocycles. The molecule has 0 radical (unpaired) electrons. The Hall–Kier alpha value is -0.565. The molecule has 3 heteroatoms. The molecule has 0 bridgehead atoms. The summed E-state index contributed by atoms with van der Waals surface area (Å²) in [6.07, 6.45) is 23.0. The van der Waals surface area contributed by atoms with Gasteiger partial charge in [-0.05, 0) is 0 Å². The highest BCUT2D eigenvalue weighted by atomic mass is 15.0. The van der Waals surface area contributed by atoms with Crippen molar-refractivity contribution in [2.24, 2.45) is 4.99 Å². The summed E-state index contributed by atoms with van der Waals surface area (Å²) in [5.74, 6) is 0. The molecule has 1 aliphatic rings. The fraction of sp³-hybridized carbons (Fsp3) is 0.842. The van der Waals surface area contributed by atoms with Crippen molar-refractivity contribution in [3.05, 3.63) is 12.4 Å². The van der Waals surface area contributed by atoms with Crippen LogP contribution in [0, 0.1) is 0 Å². The van der Waals surface area contributed by atoms with Gasteiger partial charge < -0.3 is 0 Å². The zero-order valence-electron chi connectivity index (χ0n) is 15.8. The van der Waals surface area contributed by atoms with Crippen molar-refractivity contribution in [2.75, 3.05) is 0 Å². The maximum atomic E-state index is 3.72. The molecule has 0 unspecified atom stereocenters. The molecule has 0 spiro atoms. The van der Waals surface area contributed by atoms with Crippen molar-refractivity contribution in [3.8, 4) is 0 Å². The quantitative estimate of drug-likeness (QED) is 0.448. The van der Waals surface area contributed by atoms with E-state index in [-0.39, 0.29) is 6.15 Å². The van der Waals surface area contributed by atoms with E-state index in [1.54, 1.807) is 37.8 Å². The van der Waals surface area contributed by atoms with Gasteiger partial charge in [-0.25, -0.2) is 4.99 Å². The molecule has 0 aromatic carbocycles. The van der Waals surface area contributed by atoms with Gasteiger partial charge >= 0.3 is 0 Å². The minimum atomic E-state index is -0.00722. The van der Waals surface area contributed by atoms with E-state index in [0.717, 1.165) is 0 Å². The molecule has 0 saturated carbocycles. The lowest BCUT2D eigenvalue weighted by Gasteiger charge is -2.40. The van der Waals surface area contributed by atoms with Gasteiger partial charge in [0.2, 0.25) is 0 Å². The molecular formula is C19H41BN2. The number of rotatable bonds is 12. The van der Waals surface area contributed by atoms with Gasteiger partial charge in [0.25, 0.3) is 0 Å². The summed E-state index contributed by atoms with van der Waals surface area (Å²) in [6, 6.07) is 0. The van der Waals surface area contributed by atoms with Gasteiger partial charge in [-0.15, -0.1) is 0 Å². The standard InChI is InChI=1S/C16H36B.C3H4N2/c1-5-9-13-17(14-10-6-2,15-11-7-3)16-12-8-4;1-2-5-3-4-1/h5-16H2,1-4H3;1-3H,(H,4,5)/q-1;/p+1. The van der Waals surface area contributed by atoms with Crippen LogP contribution in [0.1, 0.15) is 79.1 Å². The third-order valence-electron chi connectivity index (χ3n) is 5.14. The average molecular weight is 308 g/mol. The van der Waals surface area contributed by atoms with Gasteiger partial charge in [0.05, 0.1) is 6.20 Å². The van der Waals surface area contributed by atoms with Crippen molar-refractivity contribution in [1.82, 2.24) is 0 Å². The fourth-order valence-electron chi connectivity index (χ4n) is 3.66. The Morgan fingerprint density at radius 2 is 1.14 bits per heavy atom. The molecule has 0 aromatic rings. The molecule has 1 aliphatic heterocycles. The first-order valence-electron chi connectivity index (χ1n) is 9.98. The first kappa shape index (κ1) is 21.4. The normalized spacial score (nSPS) is 13.3. The Labute approximate surface area is 140 Å². The molecule has 0 amide bonds. The summed E-state index contributed by atoms with van der Waals surface area (Å²) >= 11 is 0. The fourth-order valence-corrected chi connectivity index (χ4v) is 3.66. The van der Waals surface area contributed by atoms with Crippen molar-refractivity contribution in [3.63, 3.8) is 0 Å². The third-order valence-corrected chi connectivity index (χ3v) is 5.14. The van der Waals surface area contributed by atoms with Crippen molar-refractivity contribution in [2.45, 2.75) is 104 Å². The summed E-state index contributed by atoms with van der Waals surface area (Å²) in [5.41, 5.74) is 0. The van der Waals surface area contributed by atoms with Crippen LogP contribution in [-0.2, 0) is 0 Å². The molecule has 1 rings (SSSR count). The van der Waals surface area contributed by atoms with Gasteiger partial charge in [-0.3, -0.25) is 5.32 Å². The zero-order valence-corrected chi connectivity index (χ0v) is 15.8. The zero-order chi connectivity index (χ0) is 16.5. The highest BCUT2D eigenvalue weighted by Gasteiger charge is 2.22. The van der Waals surface area contributed by atoms with Crippen LogP contribution in [0.15, 0.2) is 17.4 Å². The van der Waals surface area contributed by atoms with Crippen molar-refractivity contribution >= 4 is 12.5 Å². The second-order valence-corrected chi connectivity index (χ2v) is 7.13. The number of unbranched alkanes of at least 4 members (excludes halogenated alkanes) is 4. The van der Waals surface area contributed by atoms with E-state index >= 15 is 0 Å². The molecule has 22 heavy (non-hydrogen) atoms. The highest BCUT2D eigenvalue weighted by molar-refractivity contribution is 6.79. The van der Waals surface area contributed by atoms with E-state index < -0.39 is 0 Å². The molecule has 2 N–H and O–H groups in total. The minimum absolute atomic E-state index is 0.00722. The van der Waals surface area contributed by atoms with Crippen molar-refractivity contribution < 1.29 is 5.32 Å². The maximum Gasteiger partial charge on any atom is 0.191 e. The second-order valence-electron chi connectivity index (χ2n) is 7.13. The topological polar surface area (TPSA) is 29.0 Å². The van der Waals surface area contributed by atoms with Crippen LogP contribution in [0.4, 0.5) is 0 Å². The van der Waals surface area contributed by atoms with Crippen molar-refractivity contribution in [1.29, 1.82) is 0 Å². The van der Waals surface area contributed by atoms with Gasteiger partial charge in [-0.2, -0.15) is 25.3 Å². The molecule has 0 aliphatic carbocycles. The van der Waals surface area contributed by atoms with Gasteiger partial charge in [0, 0.05) is 6.15 Å². The number of hydrogen-bond donors (Lipinski definition) is 1. The molecule has 0 fully saturated rings. The molecule has 130 valence electrons. The van der Waals surface area contributed by atoms with Crippen LogP contribution >= 0.6 is 0 Å². The average Bonchev–Trinajstić information content (AvgIpc) is 3.13. The SMILES string of the molecule is C1=C[NH2+]C=N1.CCCC[B-](CCCC)(CCCC)CCCC. The molecule has 0 aromatic heterocycles. The van der Waals surface area contributed by atoms with Crippen LogP contribution < -0.4 is 5.32 Å². The third kappa shape index (κ3) is 11.1. The molecule has 0 atom stereocenters. The molecule has 1 heterocycles. The Morgan fingerprint density at radius 1 is 0.727 bits per heavy atom. The summed E-state index contributed by atoms with van der Waals surface area (Å²) in [5, 5.41) is 1.89. The number of aliphatic imine (C=N–C) groups is 1. The van der Waals surface area contributed by atoms with Gasteiger partial charge in [0.1, 0.15) is 6.20 Å². The highest BCUT2D eigenvalue weighted by Crippen LogP contribution is 2.33. The lowest BCUT2D eigenvalue weighted by molar-refractivity contribution is -0.447. The number of nitrogens with two attached hydrogens (primary N) is 1. The van der Waals surface area contributed by atoms with E-state index in [1.165, 1.54) is 51.4 Å². The first-order valence-corrected chi connectivity index (χ1v) is 9.98. The summed E-state index contributed by atoms with van der Waals surface area (Å²) in [4.78, 5) is 3.72. The Bertz CT molecular complexity index is 240. The summed E-state index contributed by atoms with van der Waals surface area (Å²) in [6.45, 7) is 9.39. The Morgan fingerprint density at radius 3 is 1.32 bits per heavy atom. The largest absolute Gasteiger partial charge is 0.276 e.